The van der Waals surface area contributed by atoms with Gasteiger partial charge in [-0.3, -0.25) is 0 Å². The van der Waals surface area contributed by atoms with Crippen LogP contribution in [-0.2, 0) is 0 Å². The zero-order valence-corrected chi connectivity index (χ0v) is 6.99. The maximum absolute atomic E-state index is 8.54. The van der Waals surface area contributed by atoms with Crippen LogP contribution in [0.5, 0.6) is 0 Å². The fraction of sp³-hybridized carbons (Fsp3) is 0.222. The Kier molecular flexibility index (Phi) is 2.82. The van der Waals surface area contributed by atoms with Gasteiger partial charge < -0.3 is 10.8 Å². The van der Waals surface area contributed by atoms with Crippen molar-refractivity contribution < 1.29 is 5.11 Å². The van der Waals surface area contributed by atoms with E-state index in [1.54, 1.807) is 12.1 Å². The number of nitrogen functional groups attached to an aromatic ring is 1. The van der Waals surface area contributed by atoms with Crippen molar-refractivity contribution in [3.8, 4) is 0 Å². The number of aliphatic hydroxyl groups is 1. The van der Waals surface area contributed by atoms with Crippen molar-refractivity contribution in [2.75, 3.05) is 12.3 Å². The lowest BCUT2D eigenvalue weighted by Gasteiger charge is -1.99. The molecule has 3 heteroatoms. The van der Waals surface area contributed by atoms with Gasteiger partial charge in [-0.15, -0.1) is 0 Å². The molecule has 1 heterocycles. The Balaban J connectivity index is 2.94. The first-order valence-corrected chi connectivity index (χ1v) is 3.74. The smallest absolute Gasteiger partial charge is 0.123 e. The number of hydrogen-bond acceptors (Lipinski definition) is 3. The minimum absolute atomic E-state index is 0.0455. The Morgan fingerprint density at radius 3 is 2.92 bits per heavy atom. The van der Waals surface area contributed by atoms with Crippen LogP contribution in [0.1, 0.15) is 11.3 Å². The number of nitrogens with two attached hydrogens (primary N) is 1. The largest absolute Gasteiger partial charge is 0.392 e. The number of rotatable bonds is 2. The lowest BCUT2D eigenvalue weighted by atomic mass is 10.2. The van der Waals surface area contributed by atoms with Crippen molar-refractivity contribution in [1.82, 2.24) is 4.98 Å². The van der Waals surface area contributed by atoms with E-state index in [4.69, 9.17) is 10.8 Å². The molecule has 1 rings (SSSR count). The summed E-state index contributed by atoms with van der Waals surface area (Å²) in [6.45, 7) is 1.93. The second-order valence-corrected chi connectivity index (χ2v) is 2.50. The van der Waals surface area contributed by atoms with Crippen LogP contribution in [-0.4, -0.2) is 16.7 Å². The van der Waals surface area contributed by atoms with Crippen molar-refractivity contribution in [2.45, 2.75) is 6.92 Å². The SMILES string of the molecule is Cc1nc(N)ccc1C=CCO. The number of nitrogens with zero attached hydrogens (tertiary/aromatic N) is 1. The van der Waals surface area contributed by atoms with Gasteiger partial charge in [0.1, 0.15) is 5.82 Å². The van der Waals surface area contributed by atoms with Crippen LogP contribution in [0.25, 0.3) is 6.08 Å². The van der Waals surface area contributed by atoms with Gasteiger partial charge in [0.15, 0.2) is 0 Å². The van der Waals surface area contributed by atoms with Gasteiger partial charge in [0.25, 0.3) is 0 Å². The van der Waals surface area contributed by atoms with E-state index in [1.807, 2.05) is 19.1 Å². The van der Waals surface area contributed by atoms with Crippen LogP contribution < -0.4 is 5.73 Å². The molecule has 0 aromatic carbocycles. The predicted octanol–water partition coefficient (Wildman–Crippen LogP) is 0.978. The van der Waals surface area contributed by atoms with Gasteiger partial charge in [-0.25, -0.2) is 4.98 Å². The van der Waals surface area contributed by atoms with Crippen LogP contribution in [0, 0.1) is 6.92 Å². The summed E-state index contributed by atoms with van der Waals surface area (Å²) >= 11 is 0. The molecule has 12 heavy (non-hydrogen) atoms. The molecule has 0 amide bonds. The molecule has 0 saturated carbocycles. The quantitative estimate of drug-likeness (QED) is 0.685. The normalized spacial score (nSPS) is 10.8. The first-order chi connectivity index (χ1) is 5.74. The molecular formula is C9H12N2O. The molecule has 0 atom stereocenters. The average molecular weight is 164 g/mol. The Morgan fingerprint density at radius 2 is 2.33 bits per heavy atom. The molecule has 64 valence electrons. The highest BCUT2D eigenvalue weighted by Crippen LogP contribution is 2.09. The lowest BCUT2D eigenvalue weighted by Crippen LogP contribution is -1.93. The molecule has 3 N–H and O–H groups in total. The van der Waals surface area contributed by atoms with Crippen molar-refractivity contribution >= 4 is 11.9 Å². The topological polar surface area (TPSA) is 59.1 Å². The van der Waals surface area contributed by atoms with Crippen LogP contribution in [0.15, 0.2) is 18.2 Å². The van der Waals surface area contributed by atoms with E-state index in [-0.39, 0.29) is 6.61 Å². The average Bonchev–Trinajstić information content (AvgIpc) is 2.03. The van der Waals surface area contributed by atoms with E-state index >= 15 is 0 Å². The summed E-state index contributed by atoms with van der Waals surface area (Å²) in [5, 5.41) is 8.54. The van der Waals surface area contributed by atoms with Gasteiger partial charge in [0.05, 0.1) is 6.61 Å². The Labute approximate surface area is 71.6 Å². The second-order valence-electron chi connectivity index (χ2n) is 2.50. The third kappa shape index (κ3) is 2.07. The highest BCUT2D eigenvalue weighted by molar-refractivity contribution is 5.53. The number of hydrogen-bond donors (Lipinski definition) is 2. The van der Waals surface area contributed by atoms with Crippen LogP contribution >= 0.6 is 0 Å². The van der Waals surface area contributed by atoms with Gasteiger partial charge in [-0.1, -0.05) is 12.2 Å². The van der Waals surface area contributed by atoms with Crippen LogP contribution in [0.3, 0.4) is 0 Å². The molecule has 1 aromatic rings. The first-order valence-electron chi connectivity index (χ1n) is 3.74. The third-order valence-corrected chi connectivity index (χ3v) is 1.55. The summed E-state index contributed by atoms with van der Waals surface area (Å²) < 4.78 is 0. The van der Waals surface area contributed by atoms with E-state index in [0.29, 0.717) is 5.82 Å². The maximum Gasteiger partial charge on any atom is 0.123 e. The first kappa shape index (κ1) is 8.74. The van der Waals surface area contributed by atoms with E-state index in [0.717, 1.165) is 11.3 Å². The van der Waals surface area contributed by atoms with Crippen LogP contribution in [0.4, 0.5) is 5.82 Å². The number of aryl methyl sites for hydroxylation is 1. The number of aromatic nitrogens is 1. The monoisotopic (exact) mass is 164 g/mol. The number of pyridine rings is 1. The third-order valence-electron chi connectivity index (χ3n) is 1.55. The van der Waals surface area contributed by atoms with Gasteiger partial charge in [0.2, 0.25) is 0 Å². The molecule has 0 aliphatic rings. The van der Waals surface area contributed by atoms with Crippen molar-refractivity contribution in [3.05, 3.63) is 29.5 Å². The summed E-state index contributed by atoms with van der Waals surface area (Å²) in [7, 11) is 0. The summed E-state index contributed by atoms with van der Waals surface area (Å²) in [4.78, 5) is 4.07. The van der Waals surface area contributed by atoms with Crippen molar-refractivity contribution in [2.24, 2.45) is 0 Å². The molecule has 0 aliphatic carbocycles. The molecule has 0 radical (unpaired) electrons. The Hall–Kier alpha value is -1.35. The molecule has 0 fully saturated rings. The van der Waals surface area contributed by atoms with Crippen LogP contribution in [0.2, 0.25) is 0 Å². The maximum atomic E-state index is 8.54. The molecule has 0 aliphatic heterocycles. The zero-order chi connectivity index (χ0) is 8.97. The molecular weight excluding hydrogens is 152 g/mol. The predicted molar refractivity (Wildman–Crippen MR) is 49.5 cm³/mol. The summed E-state index contributed by atoms with van der Waals surface area (Å²) in [5.41, 5.74) is 7.33. The second kappa shape index (κ2) is 3.88. The van der Waals surface area contributed by atoms with Crippen molar-refractivity contribution in [1.29, 1.82) is 0 Å². The standard InChI is InChI=1S/C9H12N2O/c1-7-8(3-2-6-12)4-5-9(10)11-7/h2-5,12H,6H2,1H3,(H2,10,11). The fourth-order valence-electron chi connectivity index (χ4n) is 0.947. The molecule has 3 nitrogen and oxygen atoms in total. The van der Waals surface area contributed by atoms with Gasteiger partial charge in [-0.05, 0) is 24.6 Å². The molecule has 0 spiro atoms. The summed E-state index contributed by atoms with van der Waals surface area (Å²) in [6, 6.07) is 3.62. The highest BCUT2D eigenvalue weighted by atomic mass is 16.2. The fourth-order valence-corrected chi connectivity index (χ4v) is 0.947. The molecule has 0 saturated heterocycles. The lowest BCUT2D eigenvalue weighted by molar-refractivity contribution is 0.343. The van der Waals surface area contributed by atoms with Gasteiger partial charge >= 0.3 is 0 Å². The summed E-state index contributed by atoms with van der Waals surface area (Å²) in [6.07, 6.45) is 3.49. The number of anilines is 1. The molecule has 0 bridgehead atoms. The Morgan fingerprint density at radius 1 is 1.58 bits per heavy atom. The molecule has 1 aromatic heterocycles. The van der Waals surface area contributed by atoms with Gasteiger partial charge in [-0.2, -0.15) is 0 Å². The van der Waals surface area contributed by atoms with E-state index in [2.05, 4.69) is 4.98 Å². The van der Waals surface area contributed by atoms with Gasteiger partial charge in [0, 0.05) is 5.69 Å². The molecule has 0 unspecified atom stereocenters. The Bertz CT molecular complexity index is 295. The number of aliphatic hydroxyl groups excluding tert-OH is 1. The summed E-state index contributed by atoms with van der Waals surface area (Å²) in [5.74, 6) is 0.522. The van der Waals surface area contributed by atoms with Crippen molar-refractivity contribution in [3.63, 3.8) is 0 Å². The van der Waals surface area contributed by atoms with E-state index in [1.165, 1.54) is 0 Å². The van der Waals surface area contributed by atoms with E-state index in [9.17, 15) is 0 Å². The highest BCUT2D eigenvalue weighted by Gasteiger charge is 1.94. The zero-order valence-electron chi connectivity index (χ0n) is 6.99. The minimum Gasteiger partial charge on any atom is -0.392 e. The minimum atomic E-state index is 0.0455. The van der Waals surface area contributed by atoms with E-state index < -0.39 is 0 Å².